The van der Waals surface area contributed by atoms with Crippen molar-refractivity contribution in [2.45, 2.75) is 13.8 Å². The SMILES string of the molecule is CCOc1ncnc(Oc2cc(F)ccc2C)c1N. The number of halogens is 1. The van der Waals surface area contributed by atoms with Gasteiger partial charge in [-0.1, -0.05) is 6.07 Å². The number of anilines is 1. The van der Waals surface area contributed by atoms with E-state index in [0.29, 0.717) is 12.4 Å². The Morgan fingerprint density at radius 3 is 2.74 bits per heavy atom. The van der Waals surface area contributed by atoms with Crippen LogP contribution in [0.15, 0.2) is 24.5 Å². The van der Waals surface area contributed by atoms with Gasteiger partial charge in [-0.2, -0.15) is 9.97 Å². The van der Waals surface area contributed by atoms with Gasteiger partial charge in [0.15, 0.2) is 5.69 Å². The Kier molecular flexibility index (Phi) is 3.79. The molecule has 1 aromatic carbocycles. The van der Waals surface area contributed by atoms with Gasteiger partial charge >= 0.3 is 0 Å². The summed E-state index contributed by atoms with van der Waals surface area (Å²) in [5, 5.41) is 0. The molecule has 19 heavy (non-hydrogen) atoms. The molecular weight excluding hydrogens is 249 g/mol. The molecule has 0 spiro atoms. The molecule has 0 amide bonds. The fourth-order valence-electron chi connectivity index (χ4n) is 1.49. The number of hydrogen-bond donors (Lipinski definition) is 1. The first-order valence-electron chi connectivity index (χ1n) is 5.79. The molecule has 0 aliphatic heterocycles. The van der Waals surface area contributed by atoms with E-state index in [4.69, 9.17) is 15.2 Å². The Hall–Kier alpha value is -2.37. The second-order valence-electron chi connectivity index (χ2n) is 3.84. The maximum Gasteiger partial charge on any atom is 0.249 e. The molecule has 1 heterocycles. The van der Waals surface area contributed by atoms with Crippen molar-refractivity contribution in [1.29, 1.82) is 0 Å². The zero-order valence-corrected chi connectivity index (χ0v) is 10.7. The minimum absolute atomic E-state index is 0.146. The van der Waals surface area contributed by atoms with Crippen molar-refractivity contribution >= 4 is 5.69 Å². The highest BCUT2D eigenvalue weighted by molar-refractivity contribution is 5.57. The van der Waals surface area contributed by atoms with E-state index in [1.54, 1.807) is 13.0 Å². The van der Waals surface area contributed by atoms with Crippen molar-refractivity contribution in [3.63, 3.8) is 0 Å². The van der Waals surface area contributed by atoms with E-state index in [2.05, 4.69) is 9.97 Å². The Balaban J connectivity index is 2.33. The molecule has 0 fully saturated rings. The lowest BCUT2D eigenvalue weighted by Gasteiger charge is -2.11. The summed E-state index contributed by atoms with van der Waals surface area (Å²) >= 11 is 0. The largest absolute Gasteiger partial charge is 0.476 e. The first-order valence-corrected chi connectivity index (χ1v) is 5.79. The minimum atomic E-state index is -0.391. The molecular formula is C13H14FN3O2. The quantitative estimate of drug-likeness (QED) is 0.918. The summed E-state index contributed by atoms with van der Waals surface area (Å²) in [4.78, 5) is 7.82. The van der Waals surface area contributed by atoms with Crippen LogP contribution in [0.4, 0.5) is 10.1 Å². The van der Waals surface area contributed by atoms with Gasteiger partial charge in [0, 0.05) is 6.07 Å². The van der Waals surface area contributed by atoms with Crippen LogP contribution in [-0.4, -0.2) is 16.6 Å². The summed E-state index contributed by atoms with van der Waals surface area (Å²) in [6.07, 6.45) is 1.28. The lowest BCUT2D eigenvalue weighted by molar-refractivity contribution is 0.325. The summed E-state index contributed by atoms with van der Waals surface area (Å²) in [6.45, 7) is 4.05. The standard InChI is InChI=1S/C13H14FN3O2/c1-3-18-12-11(15)13(17-7-16-12)19-10-6-9(14)5-4-8(10)2/h4-7H,3,15H2,1-2H3. The van der Waals surface area contributed by atoms with Crippen LogP contribution < -0.4 is 15.2 Å². The highest BCUT2D eigenvalue weighted by Crippen LogP contribution is 2.32. The topological polar surface area (TPSA) is 70.3 Å². The van der Waals surface area contributed by atoms with Crippen LogP contribution >= 0.6 is 0 Å². The van der Waals surface area contributed by atoms with Crippen LogP contribution in [-0.2, 0) is 0 Å². The predicted molar refractivity (Wildman–Crippen MR) is 68.8 cm³/mol. The van der Waals surface area contributed by atoms with E-state index in [1.807, 2.05) is 6.92 Å². The van der Waals surface area contributed by atoms with E-state index >= 15 is 0 Å². The molecule has 0 saturated heterocycles. The highest BCUT2D eigenvalue weighted by Gasteiger charge is 2.12. The molecule has 1 aromatic heterocycles. The van der Waals surface area contributed by atoms with E-state index in [0.717, 1.165) is 5.56 Å². The average Bonchev–Trinajstić information content (AvgIpc) is 2.39. The van der Waals surface area contributed by atoms with Crippen LogP contribution in [0.5, 0.6) is 17.5 Å². The summed E-state index contributed by atoms with van der Waals surface area (Å²) in [7, 11) is 0. The van der Waals surface area contributed by atoms with Gasteiger partial charge in [-0.05, 0) is 25.5 Å². The molecule has 0 saturated carbocycles. The van der Waals surface area contributed by atoms with E-state index < -0.39 is 5.82 Å². The van der Waals surface area contributed by atoms with Crippen molar-refractivity contribution in [1.82, 2.24) is 9.97 Å². The molecule has 0 unspecified atom stereocenters. The molecule has 2 aromatic rings. The monoisotopic (exact) mass is 263 g/mol. The first kappa shape index (κ1) is 13.1. The summed E-state index contributed by atoms with van der Waals surface area (Å²) in [6, 6.07) is 4.25. The predicted octanol–water partition coefficient (Wildman–Crippen LogP) is 2.70. The van der Waals surface area contributed by atoms with Crippen LogP contribution in [0, 0.1) is 12.7 Å². The van der Waals surface area contributed by atoms with Gasteiger partial charge in [0.05, 0.1) is 6.61 Å². The van der Waals surface area contributed by atoms with Gasteiger partial charge in [-0.25, -0.2) is 4.39 Å². The number of nitrogens with zero attached hydrogens (tertiary/aromatic N) is 2. The lowest BCUT2D eigenvalue weighted by atomic mass is 10.2. The molecule has 0 aliphatic rings. The molecule has 2 N–H and O–H groups in total. The molecule has 2 rings (SSSR count). The second kappa shape index (κ2) is 5.51. The van der Waals surface area contributed by atoms with Crippen LogP contribution in [0.25, 0.3) is 0 Å². The maximum absolute atomic E-state index is 13.2. The van der Waals surface area contributed by atoms with Gasteiger partial charge in [-0.3, -0.25) is 0 Å². The van der Waals surface area contributed by atoms with E-state index in [1.165, 1.54) is 18.5 Å². The number of nitrogens with two attached hydrogens (primary N) is 1. The van der Waals surface area contributed by atoms with Crippen molar-refractivity contribution in [2.24, 2.45) is 0 Å². The van der Waals surface area contributed by atoms with Crippen molar-refractivity contribution in [2.75, 3.05) is 12.3 Å². The maximum atomic E-state index is 13.2. The van der Waals surface area contributed by atoms with Gasteiger partial charge in [0.1, 0.15) is 17.9 Å². The van der Waals surface area contributed by atoms with Crippen molar-refractivity contribution in [3.05, 3.63) is 35.9 Å². The molecule has 0 bridgehead atoms. The smallest absolute Gasteiger partial charge is 0.249 e. The van der Waals surface area contributed by atoms with Crippen LogP contribution in [0.1, 0.15) is 12.5 Å². The fourth-order valence-corrected chi connectivity index (χ4v) is 1.49. The highest BCUT2D eigenvalue weighted by atomic mass is 19.1. The molecule has 5 nitrogen and oxygen atoms in total. The van der Waals surface area contributed by atoms with E-state index in [9.17, 15) is 4.39 Å². The van der Waals surface area contributed by atoms with Gasteiger partial charge in [0.2, 0.25) is 11.8 Å². The molecule has 100 valence electrons. The number of benzene rings is 1. The van der Waals surface area contributed by atoms with Crippen LogP contribution in [0.2, 0.25) is 0 Å². The number of aromatic nitrogens is 2. The number of rotatable bonds is 4. The minimum Gasteiger partial charge on any atom is -0.476 e. The lowest BCUT2D eigenvalue weighted by Crippen LogP contribution is -2.03. The van der Waals surface area contributed by atoms with Gasteiger partial charge in [0.25, 0.3) is 0 Å². The fraction of sp³-hybridized carbons (Fsp3) is 0.231. The van der Waals surface area contributed by atoms with Gasteiger partial charge < -0.3 is 15.2 Å². The second-order valence-corrected chi connectivity index (χ2v) is 3.84. The Morgan fingerprint density at radius 1 is 1.26 bits per heavy atom. The van der Waals surface area contributed by atoms with E-state index in [-0.39, 0.29) is 17.4 Å². The zero-order chi connectivity index (χ0) is 13.8. The number of ether oxygens (including phenoxy) is 2. The molecule has 0 radical (unpaired) electrons. The number of aryl methyl sites for hydroxylation is 1. The number of nitrogen functional groups attached to an aromatic ring is 1. The van der Waals surface area contributed by atoms with Gasteiger partial charge in [-0.15, -0.1) is 0 Å². The number of hydrogen-bond acceptors (Lipinski definition) is 5. The van der Waals surface area contributed by atoms with Crippen LogP contribution in [0.3, 0.4) is 0 Å². The normalized spacial score (nSPS) is 10.3. The summed E-state index contributed by atoms with van der Waals surface area (Å²) < 4.78 is 23.9. The molecule has 0 aliphatic carbocycles. The third kappa shape index (κ3) is 2.90. The zero-order valence-electron chi connectivity index (χ0n) is 10.7. The Labute approximate surface area is 110 Å². The Bertz CT molecular complexity index is 590. The third-order valence-electron chi connectivity index (χ3n) is 2.45. The summed E-state index contributed by atoms with van der Waals surface area (Å²) in [5.41, 5.74) is 6.80. The van der Waals surface area contributed by atoms with Crippen molar-refractivity contribution < 1.29 is 13.9 Å². The Morgan fingerprint density at radius 2 is 2.00 bits per heavy atom. The molecule has 6 heteroatoms. The average molecular weight is 263 g/mol. The van der Waals surface area contributed by atoms with Crippen molar-refractivity contribution in [3.8, 4) is 17.5 Å². The third-order valence-corrected chi connectivity index (χ3v) is 2.45. The molecule has 0 atom stereocenters. The first-order chi connectivity index (χ1) is 9.11. The summed E-state index contributed by atoms with van der Waals surface area (Å²) in [5.74, 6) is 0.361.